The molecule has 1 aromatic heterocycles. The normalized spacial score (nSPS) is 22.9. The van der Waals surface area contributed by atoms with Gasteiger partial charge in [0.1, 0.15) is 0 Å². The summed E-state index contributed by atoms with van der Waals surface area (Å²) in [6.07, 6.45) is 9.63. The van der Waals surface area contributed by atoms with Gasteiger partial charge in [-0.05, 0) is 31.6 Å². The molecule has 1 N–H and O–H groups in total. The average Bonchev–Trinajstić information content (AvgIpc) is 2.84. The summed E-state index contributed by atoms with van der Waals surface area (Å²) in [5, 5.41) is 5.74. The van der Waals surface area contributed by atoms with E-state index >= 15 is 0 Å². The van der Waals surface area contributed by atoms with E-state index in [1.165, 1.54) is 12.8 Å². The summed E-state index contributed by atoms with van der Waals surface area (Å²) in [5.41, 5.74) is 1.16. The Morgan fingerprint density at radius 1 is 1.47 bits per heavy atom. The van der Waals surface area contributed by atoms with Gasteiger partial charge < -0.3 is 5.32 Å². The number of hydrogen-bond donors (Lipinski definition) is 1. The highest BCUT2D eigenvalue weighted by Crippen LogP contribution is 2.40. The Bertz CT molecular complexity index is 448. The van der Waals surface area contributed by atoms with Gasteiger partial charge in [-0.1, -0.05) is 12.2 Å². The van der Waals surface area contributed by atoms with Gasteiger partial charge >= 0.3 is 0 Å². The van der Waals surface area contributed by atoms with Gasteiger partial charge in [0, 0.05) is 17.7 Å². The zero-order valence-corrected chi connectivity index (χ0v) is 10.5. The molecule has 1 atom stereocenters. The van der Waals surface area contributed by atoms with Crippen LogP contribution in [0.15, 0.2) is 17.5 Å². The zero-order chi connectivity index (χ0) is 11.7. The molecule has 2 aliphatic rings. The van der Waals surface area contributed by atoms with Gasteiger partial charge in [0.25, 0.3) is 0 Å². The molecule has 0 aliphatic heterocycles. The molecule has 1 aromatic rings. The molecule has 4 heteroatoms. The summed E-state index contributed by atoms with van der Waals surface area (Å²) in [7, 11) is 0. The standard InChI is InChI=1S/C13H16N2OS/c16-12(7-9-3-1-2-4-9)15-13-14-11(8-17-13)10-5-6-10/h1,3,8-10H,2,4-7H2,(H,14,15,16). The van der Waals surface area contributed by atoms with Crippen LogP contribution in [0.3, 0.4) is 0 Å². The van der Waals surface area contributed by atoms with Gasteiger partial charge in [-0.3, -0.25) is 4.79 Å². The number of thiazole rings is 1. The number of rotatable bonds is 4. The van der Waals surface area contributed by atoms with Crippen molar-refractivity contribution < 1.29 is 4.79 Å². The van der Waals surface area contributed by atoms with Gasteiger partial charge in [-0.15, -0.1) is 11.3 Å². The third-order valence-corrected chi connectivity index (χ3v) is 4.10. The van der Waals surface area contributed by atoms with Crippen molar-refractivity contribution in [1.82, 2.24) is 4.98 Å². The van der Waals surface area contributed by atoms with Crippen LogP contribution in [0.5, 0.6) is 0 Å². The predicted octanol–water partition coefficient (Wildman–Crippen LogP) is 3.32. The molecule has 1 saturated carbocycles. The van der Waals surface area contributed by atoms with Gasteiger partial charge in [0.2, 0.25) is 5.91 Å². The van der Waals surface area contributed by atoms with Gasteiger partial charge in [-0.25, -0.2) is 4.98 Å². The van der Waals surface area contributed by atoms with Gasteiger partial charge in [0.05, 0.1) is 5.69 Å². The summed E-state index contributed by atoms with van der Waals surface area (Å²) >= 11 is 1.54. The molecule has 17 heavy (non-hydrogen) atoms. The largest absolute Gasteiger partial charge is 0.302 e. The third-order valence-electron chi connectivity index (χ3n) is 3.32. The van der Waals surface area contributed by atoms with Crippen LogP contribution >= 0.6 is 11.3 Å². The highest BCUT2D eigenvalue weighted by atomic mass is 32.1. The number of nitrogens with one attached hydrogen (secondary N) is 1. The van der Waals surface area contributed by atoms with Crippen LogP contribution < -0.4 is 5.32 Å². The van der Waals surface area contributed by atoms with Crippen molar-refractivity contribution in [3.8, 4) is 0 Å². The first-order valence-corrected chi connectivity index (χ1v) is 7.11. The Balaban J connectivity index is 1.53. The Kier molecular flexibility index (Phi) is 2.97. The quantitative estimate of drug-likeness (QED) is 0.830. The molecular formula is C13H16N2OS. The number of nitrogens with zero attached hydrogens (tertiary/aromatic N) is 1. The van der Waals surface area contributed by atoms with Crippen LogP contribution in [0.25, 0.3) is 0 Å². The Morgan fingerprint density at radius 2 is 2.35 bits per heavy atom. The molecule has 1 heterocycles. The van der Waals surface area contributed by atoms with E-state index in [9.17, 15) is 4.79 Å². The summed E-state index contributed by atoms with van der Waals surface area (Å²) in [6, 6.07) is 0. The summed E-state index contributed by atoms with van der Waals surface area (Å²) in [5.74, 6) is 1.19. The fourth-order valence-corrected chi connectivity index (χ4v) is 2.99. The Morgan fingerprint density at radius 3 is 3.06 bits per heavy atom. The van der Waals surface area contributed by atoms with Crippen LogP contribution in [-0.2, 0) is 4.79 Å². The van der Waals surface area contributed by atoms with Crippen LogP contribution in [0.4, 0.5) is 5.13 Å². The van der Waals surface area contributed by atoms with Crippen molar-refractivity contribution >= 4 is 22.4 Å². The molecule has 2 aliphatic carbocycles. The number of carbonyl (C=O) groups is 1. The summed E-state index contributed by atoms with van der Waals surface area (Å²) in [4.78, 5) is 16.2. The van der Waals surface area contributed by atoms with E-state index in [4.69, 9.17) is 0 Å². The SMILES string of the molecule is O=C(CC1C=CCC1)Nc1nc(C2CC2)cs1. The Labute approximate surface area is 105 Å². The lowest BCUT2D eigenvalue weighted by Gasteiger charge is -2.06. The minimum atomic E-state index is 0.0956. The third kappa shape index (κ3) is 2.75. The van der Waals surface area contributed by atoms with E-state index < -0.39 is 0 Å². The van der Waals surface area contributed by atoms with E-state index in [0.29, 0.717) is 18.3 Å². The van der Waals surface area contributed by atoms with E-state index in [1.54, 1.807) is 11.3 Å². The van der Waals surface area contributed by atoms with Crippen LogP contribution in [0, 0.1) is 5.92 Å². The van der Waals surface area contributed by atoms with Crippen LogP contribution in [0.2, 0.25) is 0 Å². The summed E-state index contributed by atoms with van der Waals surface area (Å²) < 4.78 is 0. The molecule has 0 spiro atoms. The second-order valence-electron chi connectivity index (χ2n) is 4.87. The highest BCUT2D eigenvalue weighted by Gasteiger charge is 2.26. The van der Waals surface area contributed by atoms with Crippen molar-refractivity contribution in [3.05, 3.63) is 23.2 Å². The average molecular weight is 248 g/mol. The predicted molar refractivity (Wildman–Crippen MR) is 69.2 cm³/mol. The fourth-order valence-electron chi connectivity index (χ4n) is 2.18. The molecule has 0 bridgehead atoms. The number of aromatic nitrogens is 1. The van der Waals surface area contributed by atoms with Crippen molar-refractivity contribution in [2.75, 3.05) is 5.32 Å². The van der Waals surface area contributed by atoms with Crippen molar-refractivity contribution in [2.45, 2.75) is 38.0 Å². The lowest BCUT2D eigenvalue weighted by atomic mass is 10.1. The molecule has 1 fully saturated rings. The smallest absolute Gasteiger partial charge is 0.226 e. The maximum Gasteiger partial charge on any atom is 0.226 e. The fraction of sp³-hybridized carbons (Fsp3) is 0.538. The van der Waals surface area contributed by atoms with E-state index in [1.807, 2.05) is 0 Å². The molecule has 0 aromatic carbocycles. The topological polar surface area (TPSA) is 42.0 Å². The zero-order valence-electron chi connectivity index (χ0n) is 9.69. The van der Waals surface area contributed by atoms with Crippen LogP contribution in [-0.4, -0.2) is 10.9 Å². The lowest BCUT2D eigenvalue weighted by Crippen LogP contribution is -2.14. The molecule has 3 nitrogen and oxygen atoms in total. The van der Waals surface area contributed by atoms with Crippen LogP contribution in [0.1, 0.15) is 43.7 Å². The highest BCUT2D eigenvalue weighted by molar-refractivity contribution is 7.13. The lowest BCUT2D eigenvalue weighted by molar-refractivity contribution is -0.116. The van der Waals surface area contributed by atoms with Crippen molar-refractivity contribution in [2.24, 2.45) is 5.92 Å². The Hall–Kier alpha value is -1.16. The first kappa shape index (κ1) is 11.0. The van der Waals surface area contributed by atoms with E-state index in [2.05, 4.69) is 27.8 Å². The second-order valence-corrected chi connectivity index (χ2v) is 5.73. The number of carbonyl (C=O) groups excluding carboxylic acids is 1. The minimum absolute atomic E-state index is 0.0956. The second kappa shape index (κ2) is 4.61. The molecular weight excluding hydrogens is 232 g/mol. The molecule has 1 unspecified atom stereocenters. The van der Waals surface area contributed by atoms with Crippen molar-refractivity contribution in [1.29, 1.82) is 0 Å². The molecule has 90 valence electrons. The first-order valence-electron chi connectivity index (χ1n) is 6.23. The van der Waals surface area contributed by atoms with Gasteiger partial charge in [0.15, 0.2) is 5.13 Å². The molecule has 1 amide bonds. The van der Waals surface area contributed by atoms with Crippen molar-refractivity contribution in [3.63, 3.8) is 0 Å². The number of allylic oxidation sites excluding steroid dienone is 2. The maximum atomic E-state index is 11.8. The number of amides is 1. The molecule has 3 rings (SSSR count). The molecule has 0 saturated heterocycles. The monoisotopic (exact) mass is 248 g/mol. The number of hydrogen-bond acceptors (Lipinski definition) is 3. The summed E-state index contributed by atoms with van der Waals surface area (Å²) in [6.45, 7) is 0. The van der Waals surface area contributed by atoms with Gasteiger partial charge in [-0.2, -0.15) is 0 Å². The van der Waals surface area contributed by atoms with E-state index in [0.717, 1.165) is 23.7 Å². The minimum Gasteiger partial charge on any atom is -0.302 e. The maximum absolute atomic E-state index is 11.8. The first-order chi connectivity index (χ1) is 8.31. The van der Waals surface area contributed by atoms with E-state index in [-0.39, 0.29) is 5.91 Å². The molecule has 0 radical (unpaired) electrons. The number of anilines is 1.